The van der Waals surface area contributed by atoms with E-state index < -0.39 is 4.84 Å². The van der Waals surface area contributed by atoms with E-state index in [9.17, 15) is 9.59 Å². The van der Waals surface area contributed by atoms with E-state index >= 15 is 0 Å². The van der Waals surface area contributed by atoms with Crippen LogP contribution < -0.4 is 5.32 Å². The second-order valence-electron chi connectivity index (χ2n) is 5.35. The van der Waals surface area contributed by atoms with Gasteiger partial charge in [0.2, 0.25) is 0 Å². The maximum absolute atomic E-state index is 12.1. The number of nitrogens with zero attached hydrogens (tertiary/aromatic N) is 2. The minimum Gasteiger partial charge on any atom is -0.351 e. The van der Waals surface area contributed by atoms with Gasteiger partial charge in [-0.15, -0.1) is 0 Å². The maximum atomic E-state index is 12.1. The number of halogens is 4. The van der Waals surface area contributed by atoms with Gasteiger partial charge in [0, 0.05) is 44.3 Å². The second-order valence-corrected chi connectivity index (χ2v) is 7.29. The minimum absolute atomic E-state index is 0.238. The van der Waals surface area contributed by atoms with E-state index in [0.717, 1.165) is 0 Å². The summed E-state index contributed by atoms with van der Waals surface area (Å²) >= 11 is 23.0. The number of amides is 2. The summed E-state index contributed by atoms with van der Waals surface area (Å²) < 4.78 is 0. The lowest BCUT2D eigenvalue weighted by atomic mass is 10.2. The Labute approximate surface area is 160 Å². The molecule has 9 heteroatoms. The molecular formula is C15H17Cl4N3O2. The minimum atomic E-state index is -1.01. The smallest absolute Gasteiger partial charge is 0.255 e. The summed E-state index contributed by atoms with van der Waals surface area (Å²) in [6, 6.07) is 4.76. The van der Waals surface area contributed by atoms with Crippen LogP contribution in [0.25, 0.3) is 0 Å². The van der Waals surface area contributed by atoms with E-state index in [1.54, 1.807) is 17.0 Å². The molecule has 0 radical (unpaired) electrons. The van der Waals surface area contributed by atoms with Gasteiger partial charge in [-0.1, -0.05) is 46.4 Å². The molecule has 0 atom stereocenters. The van der Waals surface area contributed by atoms with E-state index in [2.05, 4.69) is 10.2 Å². The monoisotopic (exact) mass is 411 g/mol. The fourth-order valence-electron chi connectivity index (χ4n) is 2.43. The third-order valence-electron chi connectivity index (χ3n) is 3.76. The summed E-state index contributed by atoms with van der Waals surface area (Å²) in [6.45, 7) is 3.74. The van der Waals surface area contributed by atoms with Crippen molar-refractivity contribution in [2.75, 3.05) is 39.3 Å². The first-order valence-electron chi connectivity index (χ1n) is 7.41. The Morgan fingerprint density at radius 3 is 2.38 bits per heavy atom. The van der Waals surface area contributed by atoms with Crippen molar-refractivity contribution in [1.29, 1.82) is 0 Å². The number of carbonyl (C=O) groups excluding carboxylic acids is 2. The first-order valence-corrected chi connectivity index (χ1v) is 9.04. The number of rotatable bonds is 5. The average Bonchev–Trinajstić information content (AvgIpc) is 2.54. The van der Waals surface area contributed by atoms with Crippen molar-refractivity contribution in [2.45, 2.75) is 4.84 Å². The number of hydrogen-bond acceptors (Lipinski definition) is 3. The quantitative estimate of drug-likeness (QED) is 0.756. The fourth-order valence-corrected chi connectivity index (χ4v) is 3.20. The molecule has 0 bridgehead atoms. The van der Waals surface area contributed by atoms with Gasteiger partial charge in [-0.2, -0.15) is 0 Å². The van der Waals surface area contributed by atoms with E-state index in [4.69, 9.17) is 46.4 Å². The molecule has 0 spiro atoms. The SMILES string of the molecule is O=C(NCCN1CCN(C(=O)C(Cl)Cl)CC1)c1ccc(Cl)cc1Cl. The largest absolute Gasteiger partial charge is 0.351 e. The molecule has 2 amide bonds. The summed E-state index contributed by atoms with van der Waals surface area (Å²) in [5.41, 5.74) is 0.395. The lowest BCUT2D eigenvalue weighted by molar-refractivity contribution is -0.131. The first-order chi connectivity index (χ1) is 11.4. The number of carbonyl (C=O) groups is 2. The van der Waals surface area contributed by atoms with Gasteiger partial charge in [-0.25, -0.2) is 0 Å². The van der Waals surface area contributed by atoms with Crippen LogP contribution in [0.2, 0.25) is 10.0 Å². The van der Waals surface area contributed by atoms with Crippen molar-refractivity contribution >= 4 is 58.2 Å². The van der Waals surface area contributed by atoms with E-state index in [-0.39, 0.29) is 11.8 Å². The highest BCUT2D eigenvalue weighted by Crippen LogP contribution is 2.20. The molecule has 1 aliphatic rings. The lowest BCUT2D eigenvalue weighted by Crippen LogP contribution is -2.51. The van der Waals surface area contributed by atoms with Gasteiger partial charge in [0.15, 0.2) is 4.84 Å². The summed E-state index contributed by atoms with van der Waals surface area (Å²) in [6.07, 6.45) is 0. The van der Waals surface area contributed by atoms with E-state index in [1.165, 1.54) is 6.07 Å². The molecule has 1 N–H and O–H groups in total. The number of nitrogens with one attached hydrogen (secondary N) is 1. The van der Waals surface area contributed by atoms with E-state index in [0.29, 0.717) is 54.9 Å². The highest BCUT2D eigenvalue weighted by molar-refractivity contribution is 6.53. The van der Waals surface area contributed by atoms with Crippen molar-refractivity contribution in [3.05, 3.63) is 33.8 Å². The number of hydrogen-bond donors (Lipinski definition) is 1. The van der Waals surface area contributed by atoms with Crippen LogP contribution in [-0.4, -0.2) is 65.7 Å². The molecule has 0 aliphatic carbocycles. The number of alkyl halides is 2. The van der Waals surface area contributed by atoms with Crippen LogP contribution in [0.1, 0.15) is 10.4 Å². The Hall–Kier alpha value is -0.720. The topological polar surface area (TPSA) is 52.7 Å². The molecule has 1 aromatic rings. The highest BCUT2D eigenvalue weighted by Gasteiger charge is 2.24. The number of piperazine rings is 1. The third-order valence-corrected chi connectivity index (χ3v) is 4.68. The predicted octanol–water partition coefficient (Wildman–Crippen LogP) is 2.67. The van der Waals surface area contributed by atoms with Gasteiger partial charge in [0.05, 0.1) is 10.6 Å². The normalized spacial score (nSPS) is 15.6. The van der Waals surface area contributed by atoms with Gasteiger partial charge >= 0.3 is 0 Å². The number of benzene rings is 1. The van der Waals surface area contributed by atoms with Gasteiger partial charge in [-0.05, 0) is 18.2 Å². The van der Waals surface area contributed by atoms with Crippen LogP contribution >= 0.6 is 46.4 Å². The zero-order valence-corrected chi connectivity index (χ0v) is 15.8. The third kappa shape index (κ3) is 5.39. The van der Waals surface area contributed by atoms with Crippen molar-refractivity contribution in [2.24, 2.45) is 0 Å². The summed E-state index contributed by atoms with van der Waals surface area (Å²) in [7, 11) is 0. The molecular weight excluding hydrogens is 396 g/mol. The summed E-state index contributed by atoms with van der Waals surface area (Å²) in [4.78, 5) is 26.6. The molecule has 1 aromatic carbocycles. The molecule has 0 saturated carbocycles. The molecule has 1 fully saturated rings. The van der Waals surface area contributed by atoms with Crippen LogP contribution in [0.15, 0.2) is 18.2 Å². The van der Waals surface area contributed by atoms with Gasteiger partial charge in [0.25, 0.3) is 11.8 Å². The van der Waals surface area contributed by atoms with Crippen LogP contribution in [-0.2, 0) is 4.79 Å². The average molecular weight is 413 g/mol. The van der Waals surface area contributed by atoms with Crippen molar-refractivity contribution in [1.82, 2.24) is 15.1 Å². The highest BCUT2D eigenvalue weighted by atomic mass is 35.5. The van der Waals surface area contributed by atoms with Crippen LogP contribution in [0, 0.1) is 0 Å². The first kappa shape index (κ1) is 19.6. The fraction of sp³-hybridized carbons (Fsp3) is 0.467. The zero-order valence-electron chi connectivity index (χ0n) is 12.8. The standard InChI is InChI=1S/C15H17Cl4N3O2/c16-10-1-2-11(12(17)9-10)14(23)20-3-4-21-5-7-22(8-6-21)15(24)13(18)19/h1-2,9,13H,3-8H2,(H,20,23). The van der Waals surface area contributed by atoms with Gasteiger partial charge in [-0.3, -0.25) is 14.5 Å². The lowest BCUT2D eigenvalue weighted by Gasteiger charge is -2.34. The molecule has 2 rings (SSSR count). The van der Waals surface area contributed by atoms with Gasteiger partial charge < -0.3 is 10.2 Å². The molecule has 1 heterocycles. The summed E-state index contributed by atoms with van der Waals surface area (Å²) in [5, 5.41) is 3.64. The Kier molecular flexibility index (Phi) is 7.44. The van der Waals surface area contributed by atoms with Crippen molar-refractivity contribution < 1.29 is 9.59 Å². The second kappa shape index (κ2) is 9.11. The Balaban J connectivity index is 1.73. The van der Waals surface area contributed by atoms with E-state index in [1.807, 2.05) is 0 Å². The Morgan fingerprint density at radius 1 is 1.12 bits per heavy atom. The maximum Gasteiger partial charge on any atom is 0.255 e. The van der Waals surface area contributed by atoms with Crippen LogP contribution in [0.3, 0.4) is 0 Å². The molecule has 0 unspecified atom stereocenters. The van der Waals surface area contributed by atoms with Crippen LogP contribution in [0.4, 0.5) is 0 Å². The zero-order chi connectivity index (χ0) is 17.7. The Morgan fingerprint density at radius 2 is 1.79 bits per heavy atom. The molecule has 1 aliphatic heterocycles. The Bertz CT molecular complexity index is 604. The van der Waals surface area contributed by atoms with Crippen molar-refractivity contribution in [3.63, 3.8) is 0 Å². The van der Waals surface area contributed by atoms with Crippen LogP contribution in [0.5, 0.6) is 0 Å². The predicted molar refractivity (Wildman–Crippen MR) is 97.3 cm³/mol. The molecule has 132 valence electrons. The van der Waals surface area contributed by atoms with Gasteiger partial charge in [0.1, 0.15) is 0 Å². The molecule has 1 saturated heterocycles. The molecule has 24 heavy (non-hydrogen) atoms. The molecule has 5 nitrogen and oxygen atoms in total. The summed E-state index contributed by atoms with van der Waals surface area (Å²) in [5.74, 6) is -0.499. The van der Waals surface area contributed by atoms with Crippen molar-refractivity contribution in [3.8, 4) is 0 Å². The molecule has 0 aromatic heterocycles.